The molecular formula is C29H31N3O3. The molecule has 2 aliphatic rings. The fourth-order valence-electron chi connectivity index (χ4n) is 5.08. The number of fused-ring (bicyclic) bond motifs is 1. The first kappa shape index (κ1) is 23.1. The minimum atomic E-state index is -0.224. The summed E-state index contributed by atoms with van der Waals surface area (Å²) >= 11 is 0. The first-order chi connectivity index (χ1) is 17.0. The summed E-state index contributed by atoms with van der Waals surface area (Å²) in [6.45, 7) is 7.05. The van der Waals surface area contributed by atoms with Gasteiger partial charge in [0.15, 0.2) is 0 Å². The molecule has 2 heterocycles. The van der Waals surface area contributed by atoms with Crippen molar-refractivity contribution in [2.24, 2.45) is 0 Å². The van der Waals surface area contributed by atoms with E-state index in [1.165, 1.54) is 10.5 Å². The van der Waals surface area contributed by atoms with Crippen LogP contribution in [0.4, 0.5) is 5.69 Å². The maximum absolute atomic E-state index is 13.4. The number of amides is 2. The van der Waals surface area contributed by atoms with Crippen LogP contribution in [0.5, 0.6) is 5.75 Å². The van der Waals surface area contributed by atoms with Crippen LogP contribution in [-0.4, -0.2) is 61.4 Å². The third-order valence-electron chi connectivity index (χ3n) is 7.09. The van der Waals surface area contributed by atoms with Crippen LogP contribution in [-0.2, 0) is 6.54 Å². The van der Waals surface area contributed by atoms with Gasteiger partial charge in [-0.1, -0.05) is 55.5 Å². The lowest BCUT2D eigenvalue weighted by molar-refractivity contribution is 0.0642. The van der Waals surface area contributed by atoms with E-state index in [9.17, 15) is 9.59 Å². The van der Waals surface area contributed by atoms with E-state index in [2.05, 4.69) is 47.1 Å². The van der Waals surface area contributed by atoms with Gasteiger partial charge in [-0.05, 0) is 41.3 Å². The Kier molecular flexibility index (Phi) is 6.55. The van der Waals surface area contributed by atoms with E-state index in [1.54, 1.807) is 13.2 Å². The molecule has 2 amide bonds. The number of hydrogen-bond donors (Lipinski definition) is 0. The zero-order valence-corrected chi connectivity index (χ0v) is 20.3. The van der Waals surface area contributed by atoms with Crippen LogP contribution in [0, 0.1) is 0 Å². The highest BCUT2D eigenvalue weighted by molar-refractivity contribution is 6.23. The topological polar surface area (TPSA) is 53.1 Å². The van der Waals surface area contributed by atoms with Crippen molar-refractivity contribution in [3.8, 4) is 5.75 Å². The van der Waals surface area contributed by atoms with Crippen LogP contribution in [0.2, 0.25) is 0 Å². The summed E-state index contributed by atoms with van der Waals surface area (Å²) in [5.74, 6) is 0.777. The molecule has 3 aromatic carbocycles. The molecule has 0 unspecified atom stereocenters. The Hall–Kier alpha value is -3.64. The van der Waals surface area contributed by atoms with E-state index in [0.717, 1.165) is 49.7 Å². The molecule has 5 rings (SSSR count). The summed E-state index contributed by atoms with van der Waals surface area (Å²) in [5.41, 5.74) is 4.16. The number of methoxy groups -OCH3 is 1. The van der Waals surface area contributed by atoms with Crippen LogP contribution in [0.1, 0.15) is 44.7 Å². The third-order valence-corrected chi connectivity index (χ3v) is 7.09. The van der Waals surface area contributed by atoms with Gasteiger partial charge in [-0.15, -0.1) is 0 Å². The van der Waals surface area contributed by atoms with Gasteiger partial charge in [0.05, 0.1) is 30.5 Å². The van der Waals surface area contributed by atoms with Crippen molar-refractivity contribution in [1.29, 1.82) is 0 Å². The molecule has 0 saturated carbocycles. The number of imide groups is 1. The molecule has 180 valence electrons. The zero-order valence-electron chi connectivity index (χ0n) is 20.3. The van der Waals surface area contributed by atoms with E-state index >= 15 is 0 Å². The van der Waals surface area contributed by atoms with Crippen LogP contribution in [0.15, 0.2) is 72.8 Å². The van der Waals surface area contributed by atoms with Crippen molar-refractivity contribution in [1.82, 2.24) is 9.80 Å². The highest BCUT2D eigenvalue weighted by Crippen LogP contribution is 2.33. The number of carbonyl (C=O) groups excluding carboxylic acids is 2. The molecule has 0 bridgehead atoms. The van der Waals surface area contributed by atoms with Gasteiger partial charge < -0.3 is 9.64 Å². The van der Waals surface area contributed by atoms with Gasteiger partial charge >= 0.3 is 0 Å². The van der Waals surface area contributed by atoms with E-state index in [4.69, 9.17) is 4.74 Å². The first-order valence-electron chi connectivity index (χ1n) is 12.2. The van der Waals surface area contributed by atoms with Gasteiger partial charge in [-0.3, -0.25) is 19.4 Å². The molecule has 1 atom stereocenters. The fraction of sp³-hybridized carbons (Fsp3) is 0.310. The summed E-state index contributed by atoms with van der Waals surface area (Å²) < 4.78 is 5.21. The van der Waals surface area contributed by atoms with Crippen molar-refractivity contribution >= 4 is 17.5 Å². The quantitative estimate of drug-likeness (QED) is 0.480. The maximum Gasteiger partial charge on any atom is 0.263 e. The van der Waals surface area contributed by atoms with E-state index in [0.29, 0.717) is 17.0 Å². The van der Waals surface area contributed by atoms with Crippen molar-refractivity contribution < 1.29 is 14.3 Å². The largest absolute Gasteiger partial charge is 0.497 e. The average molecular weight is 470 g/mol. The van der Waals surface area contributed by atoms with Crippen LogP contribution >= 0.6 is 0 Å². The molecule has 2 aliphatic heterocycles. The minimum absolute atomic E-state index is 0.212. The lowest BCUT2D eigenvalue weighted by Gasteiger charge is -2.37. The van der Waals surface area contributed by atoms with Crippen LogP contribution < -0.4 is 9.64 Å². The number of nitrogens with zero attached hydrogens (tertiary/aromatic N) is 3. The first-order valence-corrected chi connectivity index (χ1v) is 12.2. The van der Waals surface area contributed by atoms with Crippen LogP contribution in [0.25, 0.3) is 0 Å². The number of carbonyl (C=O) groups is 2. The molecule has 0 aliphatic carbocycles. The van der Waals surface area contributed by atoms with Crippen LogP contribution in [0.3, 0.4) is 0 Å². The summed E-state index contributed by atoms with van der Waals surface area (Å²) in [5, 5.41) is 0. The second-order valence-corrected chi connectivity index (χ2v) is 9.34. The van der Waals surface area contributed by atoms with Gasteiger partial charge in [-0.25, -0.2) is 0 Å². The SMILES string of the molecule is COc1ccc(CN2C(=O)c3cccc(N4CCN(C[C@@H](C)c5ccccc5)CC4)c3C2=O)cc1. The van der Waals surface area contributed by atoms with Gasteiger partial charge in [-0.2, -0.15) is 0 Å². The Labute approximate surface area is 206 Å². The number of rotatable bonds is 7. The zero-order chi connectivity index (χ0) is 24.4. The highest BCUT2D eigenvalue weighted by Gasteiger charge is 2.38. The summed E-state index contributed by atoms with van der Waals surface area (Å²) in [4.78, 5) is 32.6. The number of benzene rings is 3. The van der Waals surface area contributed by atoms with Gasteiger partial charge in [0, 0.05) is 32.7 Å². The summed E-state index contributed by atoms with van der Waals surface area (Å²) in [7, 11) is 1.62. The Balaban J connectivity index is 1.27. The Bertz CT molecular complexity index is 1200. The monoisotopic (exact) mass is 469 g/mol. The molecule has 35 heavy (non-hydrogen) atoms. The van der Waals surface area contributed by atoms with Crippen molar-refractivity contribution in [3.63, 3.8) is 0 Å². The lowest BCUT2D eigenvalue weighted by atomic mass is 10.0. The van der Waals surface area contributed by atoms with E-state index in [1.807, 2.05) is 36.4 Å². The third kappa shape index (κ3) is 4.66. The second-order valence-electron chi connectivity index (χ2n) is 9.34. The molecule has 0 radical (unpaired) electrons. The summed E-state index contributed by atoms with van der Waals surface area (Å²) in [6, 6.07) is 23.7. The van der Waals surface area contributed by atoms with Crippen molar-refractivity contribution in [2.45, 2.75) is 19.4 Å². The molecule has 6 heteroatoms. The van der Waals surface area contributed by atoms with Gasteiger partial charge in [0.1, 0.15) is 5.75 Å². The molecule has 0 N–H and O–H groups in total. The molecule has 6 nitrogen and oxygen atoms in total. The summed E-state index contributed by atoms with van der Waals surface area (Å²) in [6.07, 6.45) is 0. The number of hydrogen-bond acceptors (Lipinski definition) is 5. The average Bonchev–Trinajstić information content (AvgIpc) is 3.15. The highest BCUT2D eigenvalue weighted by atomic mass is 16.5. The number of anilines is 1. The Morgan fingerprint density at radius 2 is 1.54 bits per heavy atom. The van der Waals surface area contributed by atoms with E-state index < -0.39 is 0 Å². The smallest absolute Gasteiger partial charge is 0.263 e. The van der Waals surface area contributed by atoms with Crippen molar-refractivity contribution in [2.75, 3.05) is 44.7 Å². The maximum atomic E-state index is 13.4. The molecular weight excluding hydrogens is 438 g/mol. The van der Waals surface area contributed by atoms with Crippen molar-refractivity contribution in [3.05, 3.63) is 95.1 Å². The second kappa shape index (κ2) is 9.92. The normalized spacial score (nSPS) is 17.0. The standard InChI is InChI=1S/C29H31N3O3/c1-21(23-7-4-3-5-8-23)19-30-15-17-31(18-16-30)26-10-6-9-25-27(26)29(34)32(28(25)33)20-22-11-13-24(35-2)14-12-22/h3-14,21H,15-20H2,1-2H3/t21-/m1/s1. The predicted molar refractivity (Wildman–Crippen MR) is 137 cm³/mol. The van der Waals surface area contributed by atoms with Gasteiger partial charge in [0.25, 0.3) is 11.8 Å². The van der Waals surface area contributed by atoms with E-state index in [-0.39, 0.29) is 18.4 Å². The molecule has 3 aromatic rings. The number of piperazine rings is 1. The predicted octanol–water partition coefficient (Wildman–Crippen LogP) is 4.42. The van der Waals surface area contributed by atoms with Gasteiger partial charge in [0.2, 0.25) is 0 Å². The molecule has 0 aromatic heterocycles. The molecule has 0 spiro atoms. The number of ether oxygens (including phenoxy) is 1. The molecule has 1 fully saturated rings. The fourth-order valence-corrected chi connectivity index (χ4v) is 5.08. The minimum Gasteiger partial charge on any atom is -0.497 e. The molecule has 1 saturated heterocycles. The Morgan fingerprint density at radius 1 is 0.829 bits per heavy atom. The lowest BCUT2D eigenvalue weighted by Crippen LogP contribution is -2.47. The Morgan fingerprint density at radius 3 is 2.23 bits per heavy atom.